The lowest BCUT2D eigenvalue weighted by molar-refractivity contribution is 0.0671. The van der Waals surface area contributed by atoms with Gasteiger partial charge in [-0.05, 0) is 42.8 Å². The largest absolute Gasteiger partial charge is 0.487 e. The zero-order valence-electron chi connectivity index (χ0n) is 17.3. The van der Waals surface area contributed by atoms with Gasteiger partial charge in [-0.15, -0.1) is 11.3 Å². The maximum Gasteiger partial charge on any atom is 0.321 e. The number of hydrogen-bond acceptors (Lipinski definition) is 5. The van der Waals surface area contributed by atoms with Crippen LogP contribution in [-0.2, 0) is 6.61 Å². The smallest absolute Gasteiger partial charge is 0.321 e. The number of ether oxygens (including phenoxy) is 1. The van der Waals surface area contributed by atoms with Crippen LogP contribution in [0.3, 0.4) is 0 Å². The zero-order valence-corrected chi connectivity index (χ0v) is 18.1. The Morgan fingerprint density at radius 3 is 2.58 bits per heavy atom. The highest BCUT2D eigenvalue weighted by atomic mass is 32.1. The highest BCUT2D eigenvalue weighted by Gasteiger charge is 2.25. The van der Waals surface area contributed by atoms with E-state index >= 15 is 0 Å². The summed E-state index contributed by atoms with van der Waals surface area (Å²) >= 11 is 1.52. The Kier molecular flexibility index (Phi) is 6.47. The van der Waals surface area contributed by atoms with Gasteiger partial charge >= 0.3 is 6.03 Å². The van der Waals surface area contributed by atoms with Crippen molar-refractivity contribution in [2.24, 2.45) is 0 Å². The lowest BCUT2D eigenvalue weighted by Gasteiger charge is -2.34. The maximum atomic E-state index is 12.9. The van der Waals surface area contributed by atoms with E-state index in [2.05, 4.69) is 10.3 Å². The van der Waals surface area contributed by atoms with Crippen molar-refractivity contribution in [2.45, 2.75) is 13.5 Å². The van der Waals surface area contributed by atoms with Gasteiger partial charge in [0.1, 0.15) is 12.4 Å². The zero-order chi connectivity index (χ0) is 21.6. The van der Waals surface area contributed by atoms with Crippen molar-refractivity contribution in [1.29, 1.82) is 0 Å². The fourth-order valence-corrected chi connectivity index (χ4v) is 3.95. The summed E-state index contributed by atoms with van der Waals surface area (Å²) in [6.45, 7) is 4.32. The summed E-state index contributed by atoms with van der Waals surface area (Å²) in [6.07, 6.45) is 0. The third-order valence-corrected chi connectivity index (χ3v) is 5.71. The third kappa shape index (κ3) is 5.40. The van der Waals surface area contributed by atoms with E-state index in [-0.39, 0.29) is 11.9 Å². The van der Waals surface area contributed by atoms with E-state index < -0.39 is 0 Å². The first-order valence-corrected chi connectivity index (χ1v) is 11.0. The van der Waals surface area contributed by atoms with Crippen molar-refractivity contribution >= 4 is 29.0 Å². The van der Waals surface area contributed by atoms with Gasteiger partial charge in [0.05, 0.1) is 11.2 Å². The first-order chi connectivity index (χ1) is 15.1. The van der Waals surface area contributed by atoms with Crippen molar-refractivity contribution in [2.75, 3.05) is 31.5 Å². The van der Waals surface area contributed by atoms with Crippen LogP contribution in [0.25, 0.3) is 0 Å². The first-order valence-electron chi connectivity index (χ1n) is 10.1. The average molecular weight is 437 g/mol. The van der Waals surface area contributed by atoms with E-state index in [0.29, 0.717) is 44.1 Å². The van der Waals surface area contributed by atoms with E-state index in [1.54, 1.807) is 27.4 Å². The van der Waals surface area contributed by atoms with Crippen LogP contribution in [0.2, 0.25) is 0 Å². The Morgan fingerprint density at radius 2 is 1.84 bits per heavy atom. The molecule has 2 heterocycles. The van der Waals surface area contributed by atoms with Gasteiger partial charge in [0, 0.05) is 42.8 Å². The number of amides is 3. The molecule has 0 unspecified atom stereocenters. The molecule has 1 aliphatic heterocycles. The molecule has 2 aromatic carbocycles. The minimum atomic E-state index is -0.143. The van der Waals surface area contributed by atoms with Crippen LogP contribution < -0.4 is 10.1 Å². The third-order valence-electron chi connectivity index (χ3n) is 5.07. The molecule has 0 spiro atoms. The highest BCUT2D eigenvalue weighted by molar-refractivity contribution is 7.07. The van der Waals surface area contributed by atoms with Crippen LogP contribution in [0.5, 0.6) is 5.75 Å². The molecular formula is C23H24N4O3S. The number of urea groups is 1. The summed E-state index contributed by atoms with van der Waals surface area (Å²) in [5.41, 5.74) is 5.07. The molecule has 1 aromatic heterocycles. The Hall–Kier alpha value is -3.39. The second kappa shape index (κ2) is 9.61. The molecular weight excluding hydrogens is 412 g/mol. The Balaban J connectivity index is 1.30. The number of carbonyl (C=O) groups is 2. The fraction of sp³-hybridized carbons (Fsp3) is 0.261. The second-order valence-corrected chi connectivity index (χ2v) is 8.09. The predicted molar refractivity (Wildman–Crippen MR) is 121 cm³/mol. The fourth-order valence-electron chi connectivity index (χ4n) is 3.41. The number of thiazole rings is 1. The van der Waals surface area contributed by atoms with Gasteiger partial charge in [-0.1, -0.05) is 18.2 Å². The molecule has 160 valence electrons. The molecule has 0 aliphatic carbocycles. The average Bonchev–Trinajstić information content (AvgIpc) is 3.31. The number of nitrogens with zero attached hydrogens (tertiary/aromatic N) is 3. The molecule has 3 amide bonds. The lowest BCUT2D eigenvalue weighted by Crippen LogP contribution is -2.51. The van der Waals surface area contributed by atoms with Crippen molar-refractivity contribution in [3.05, 3.63) is 76.2 Å². The van der Waals surface area contributed by atoms with Crippen LogP contribution in [0.4, 0.5) is 10.5 Å². The normalized spacial score (nSPS) is 13.7. The monoisotopic (exact) mass is 436 g/mol. The van der Waals surface area contributed by atoms with Crippen molar-refractivity contribution in [1.82, 2.24) is 14.8 Å². The number of aryl methyl sites for hydroxylation is 1. The number of hydrogen-bond donors (Lipinski definition) is 1. The van der Waals surface area contributed by atoms with Crippen LogP contribution in [0.1, 0.15) is 21.6 Å². The van der Waals surface area contributed by atoms with Gasteiger partial charge in [-0.25, -0.2) is 9.78 Å². The molecule has 3 aromatic rings. The topological polar surface area (TPSA) is 74.8 Å². The van der Waals surface area contributed by atoms with Crippen LogP contribution in [0.15, 0.2) is 59.4 Å². The van der Waals surface area contributed by atoms with E-state index in [4.69, 9.17) is 4.74 Å². The van der Waals surface area contributed by atoms with E-state index in [1.165, 1.54) is 11.3 Å². The minimum Gasteiger partial charge on any atom is -0.487 e. The maximum absolute atomic E-state index is 12.9. The molecule has 1 aliphatic rings. The molecule has 7 nitrogen and oxygen atoms in total. The standard InChI is InChI=1S/C23H24N4O3S/c1-17-4-2-6-19(12-17)25-23(29)27-10-8-26(9-11-27)22(28)18-5-3-7-21(13-18)30-14-20-15-31-16-24-20/h2-7,12-13,15-16H,8-11,14H2,1H3,(H,25,29). The molecule has 1 fully saturated rings. The molecule has 8 heteroatoms. The minimum absolute atomic E-state index is 0.0575. The van der Waals surface area contributed by atoms with Crippen molar-refractivity contribution < 1.29 is 14.3 Å². The van der Waals surface area contributed by atoms with Crippen molar-refractivity contribution in [3.63, 3.8) is 0 Å². The predicted octanol–water partition coefficient (Wildman–Crippen LogP) is 4.02. The van der Waals surface area contributed by atoms with Gasteiger partial charge in [-0.3, -0.25) is 4.79 Å². The number of aromatic nitrogens is 1. The summed E-state index contributed by atoms with van der Waals surface area (Å²) in [7, 11) is 0. The van der Waals surface area contributed by atoms with E-state index in [0.717, 1.165) is 16.9 Å². The number of rotatable bonds is 5. The quantitative estimate of drug-likeness (QED) is 0.656. The van der Waals surface area contributed by atoms with Crippen molar-refractivity contribution in [3.8, 4) is 5.75 Å². The van der Waals surface area contributed by atoms with E-state index in [1.807, 2.05) is 48.7 Å². The Labute approximate surface area is 185 Å². The number of anilines is 1. The van der Waals surface area contributed by atoms with E-state index in [9.17, 15) is 9.59 Å². The summed E-state index contributed by atoms with van der Waals surface area (Å²) in [5.74, 6) is 0.577. The Bertz CT molecular complexity index is 1050. The molecule has 0 radical (unpaired) electrons. The summed E-state index contributed by atoms with van der Waals surface area (Å²) in [4.78, 5) is 33.2. The second-order valence-electron chi connectivity index (χ2n) is 7.38. The highest BCUT2D eigenvalue weighted by Crippen LogP contribution is 2.18. The first kappa shape index (κ1) is 20.9. The van der Waals surface area contributed by atoms with Crippen LogP contribution in [0, 0.1) is 6.92 Å². The van der Waals surface area contributed by atoms with Gasteiger partial charge in [0.15, 0.2) is 0 Å². The van der Waals surface area contributed by atoms with Gasteiger partial charge in [-0.2, -0.15) is 0 Å². The molecule has 0 saturated carbocycles. The molecule has 0 atom stereocenters. The number of benzene rings is 2. The molecule has 4 rings (SSSR count). The number of carbonyl (C=O) groups excluding carboxylic acids is 2. The lowest BCUT2D eigenvalue weighted by atomic mass is 10.1. The number of nitrogens with one attached hydrogen (secondary N) is 1. The molecule has 0 bridgehead atoms. The SMILES string of the molecule is Cc1cccc(NC(=O)N2CCN(C(=O)c3cccc(OCc4cscn4)c3)CC2)c1. The van der Waals surface area contributed by atoms with Gasteiger partial charge in [0.25, 0.3) is 5.91 Å². The molecule has 31 heavy (non-hydrogen) atoms. The summed E-state index contributed by atoms with van der Waals surface area (Å²) < 4.78 is 5.75. The number of piperazine rings is 1. The van der Waals surface area contributed by atoms with Gasteiger partial charge in [0.2, 0.25) is 0 Å². The van der Waals surface area contributed by atoms with Crippen LogP contribution in [-0.4, -0.2) is 52.9 Å². The van der Waals surface area contributed by atoms with Gasteiger partial charge < -0.3 is 19.9 Å². The summed E-state index contributed by atoms with van der Waals surface area (Å²) in [6, 6.07) is 14.7. The molecule has 1 saturated heterocycles. The summed E-state index contributed by atoms with van der Waals surface area (Å²) in [5, 5.41) is 4.86. The molecule has 1 N–H and O–H groups in total. The van der Waals surface area contributed by atoms with Crippen LogP contribution >= 0.6 is 11.3 Å². The Morgan fingerprint density at radius 1 is 1.06 bits per heavy atom.